The Morgan fingerprint density at radius 1 is 1.24 bits per heavy atom. The van der Waals surface area contributed by atoms with Crippen molar-refractivity contribution in [1.29, 1.82) is 0 Å². The number of nitrogens with zero attached hydrogens (tertiary/aromatic N) is 4. The summed E-state index contributed by atoms with van der Waals surface area (Å²) in [5.41, 5.74) is 1.12. The monoisotopic (exact) mass is 471 g/mol. The van der Waals surface area contributed by atoms with Gasteiger partial charge in [0, 0.05) is 24.4 Å². The number of hydrogen-bond acceptors (Lipinski definition) is 8. The lowest BCUT2D eigenvalue weighted by Gasteiger charge is -2.17. The summed E-state index contributed by atoms with van der Waals surface area (Å²) in [6.45, 7) is 6.15. The molecule has 0 saturated heterocycles. The van der Waals surface area contributed by atoms with Crippen LogP contribution in [0.4, 0.5) is 11.4 Å². The van der Waals surface area contributed by atoms with Crippen molar-refractivity contribution in [2.24, 2.45) is 0 Å². The van der Waals surface area contributed by atoms with Crippen molar-refractivity contribution in [3.05, 3.63) is 64.0 Å². The molecule has 0 aliphatic heterocycles. The van der Waals surface area contributed by atoms with E-state index in [9.17, 15) is 14.9 Å². The average Bonchev–Trinajstić information content (AvgIpc) is 3.22. The first-order chi connectivity index (χ1) is 15.8. The fourth-order valence-electron chi connectivity index (χ4n) is 3.18. The number of nitrogens with one attached hydrogen (secondary N) is 1. The normalized spacial score (nSPS) is 11.6. The fourth-order valence-corrected chi connectivity index (χ4v) is 3.99. The number of methoxy groups -OCH3 is 1. The number of ether oxygens (including phenoxy) is 2. The number of amides is 1. The van der Waals surface area contributed by atoms with Crippen LogP contribution in [0.2, 0.25) is 0 Å². The summed E-state index contributed by atoms with van der Waals surface area (Å²) >= 11 is 1.25. The number of benzene rings is 2. The van der Waals surface area contributed by atoms with Gasteiger partial charge in [-0.3, -0.25) is 14.9 Å². The predicted molar refractivity (Wildman–Crippen MR) is 125 cm³/mol. The zero-order valence-corrected chi connectivity index (χ0v) is 19.6. The summed E-state index contributed by atoms with van der Waals surface area (Å²) in [6, 6.07) is 11.7. The molecule has 1 unspecified atom stereocenters. The van der Waals surface area contributed by atoms with Gasteiger partial charge in [0.1, 0.15) is 0 Å². The number of para-hydroxylation sites is 2. The third-order valence-corrected chi connectivity index (χ3v) is 5.79. The number of rotatable bonds is 10. The van der Waals surface area contributed by atoms with E-state index in [4.69, 9.17) is 9.47 Å². The molecule has 1 amide bonds. The Morgan fingerprint density at radius 2 is 1.97 bits per heavy atom. The van der Waals surface area contributed by atoms with Gasteiger partial charge in [-0.2, -0.15) is 0 Å². The van der Waals surface area contributed by atoms with Gasteiger partial charge >= 0.3 is 0 Å². The van der Waals surface area contributed by atoms with E-state index >= 15 is 0 Å². The number of thioether (sulfide) groups is 1. The minimum absolute atomic E-state index is 0.0205. The van der Waals surface area contributed by atoms with Crippen molar-refractivity contribution in [3.63, 3.8) is 0 Å². The van der Waals surface area contributed by atoms with E-state index < -0.39 is 4.92 Å². The molecular formula is C22H25N5O5S. The third-order valence-electron chi connectivity index (χ3n) is 4.83. The summed E-state index contributed by atoms with van der Waals surface area (Å²) in [4.78, 5) is 22.9. The molecule has 11 heteroatoms. The topological polar surface area (TPSA) is 121 Å². The Labute approximate surface area is 195 Å². The second kappa shape index (κ2) is 10.8. The van der Waals surface area contributed by atoms with Gasteiger partial charge < -0.3 is 19.4 Å². The number of carbonyl (C=O) groups excluding carboxylic acids is 1. The number of aryl methyl sites for hydroxylation is 1. The van der Waals surface area contributed by atoms with E-state index in [1.54, 1.807) is 14.0 Å². The quantitative estimate of drug-likeness (QED) is 0.262. The Morgan fingerprint density at radius 3 is 2.61 bits per heavy atom. The number of aromatic nitrogens is 3. The third kappa shape index (κ3) is 5.80. The summed E-state index contributed by atoms with van der Waals surface area (Å²) in [5.74, 6) is 1.72. The zero-order valence-electron chi connectivity index (χ0n) is 18.8. The maximum atomic E-state index is 12.4. The Kier molecular flexibility index (Phi) is 7.88. The van der Waals surface area contributed by atoms with Crippen molar-refractivity contribution in [2.75, 3.05) is 18.2 Å². The smallest absolute Gasteiger partial charge is 0.269 e. The molecule has 0 aliphatic rings. The van der Waals surface area contributed by atoms with Crippen LogP contribution in [0.3, 0.4) is 0 Å². The molecule has 1 atom stereocenters. The molecule has 3 rings (SSSR count). The van der Waals surface area contributed by atoms with E-state index in [0.717, 1.165) is 0 Å². The Hall–Kier alpha value is -3.60. The molecule has 0 fully saturated rings. The number of hydrogen-bond donors (Lipinski definition) is 1. The highest BCUT2D eigenvalue weighted by atomic mass is 32.2. The van der Waals surface area contributed by atoms with Crippen LogP contribution in [0.5, 0.6) is 11.5 Å². The first-order valence-electron chi connectivity index (χ1n) is 10.2. The molecule has 0 radical (unpaired) electrons. The first kappa shape index (κ1) is 24.1. The van der Waals surface area contributed by atoms with Crippen molar-refractivity contribution < 1.29 is 19.2 Å². The molecule has 10 nitrogen and oxygen atoms in total. The van der Waals surface area contributed by atoms with Crippen LogP contribution < -0.4 is 14.8 Å². The lowest BCUT2D eigenvalue weighted by molar-refractivity contribution is -0.384. The molecule has 0 aliphatic carbocycles. The summed E-state index contributed by atoms with van der Waals surface area (Å²) in [6.07, 6.45) is -0.389. The van der Waals surface area contributed by atoms with Gasteiger partial charge in [0.2, 0.25) is 5.91 Å². The SMILES string of the molecule is CCn1c(SCC(=O)Nc2ccc([N+](=O)[O-])cc2C)nnc1C(C)Oc1ccccc1OC. The molecule has 1 N–H and O–H groups in total. The molecule has 1 heterocycles. The first-order valence-corrected chi connectivity index (χ1v) is 11.2. The largest absolute Gasteiger partial charge is 0.493 e. The molecule has 33 heavy (non-hydrogen) atoms. The van der Waals surface area contributed by atoms with E-state index in [2.05, 4.69) is 15.5 Å². The van der Waals surface area contributed by atoms with Crippen molar-refractivity contribution in [2.45, 2.75) is 38.6 Å². The van der Waals surface area contributed by atoms with E-state index in [1.807, 2.05) is 42.7 Å². The van der Waals surface area contributed by atoms with E-state index in [1.165, 1.54) is 30.0 Å². The average molecular weight is 472 g/mol. The van der Waals surface area contributed by atoms with Gasteiger partial charge in [-0.1, -0.05) is 23.9 Å². The van der Waals surface area contributed by atoms with Crippen LogP contribution >= 0.6 is 11.8 Å². The maximum absolute atomic E-state index is 12.4. The highest BCUT2D eigenvalue weighted by molar-refractivity contribution is 7.99. The van der Waals surface area contributed by atoms with Crippen molar-refractivity contribution >= 4 is 29.0 Å². The van der Waals surface area contributed by atoms with Gasteiger partial charge in [0.15, 0.2) is 28.6 Å². The number of non-ortho nitro benzene ring substituents is 1. The molecule has 1 aromatic heterocycles. The Balaban J connectivity index is 1.65. The predicted octanol–water partition coefficient (Wildman–Crippen LogP) is 4.39. The fraction of sp³-hybridized carbons (Fsp3) is 0.318. The van der Waals surface area contributed by atoms with Crippen LogP contribution in [-0.2, 0) is 11.3 Å². The highest BCUT2D eigenvalue weighted by Crippen LogP contribution is 2.31. The molecule has 0 spiro atoms. The van der Waals surface area contributed by atoms with Gasteiger partial charge in [0.05, 0.1) is 17.8 Å². The number of nitro benzene ring substituents is 1. The maximum Gasteiger partial charge on any atom is 0.269 e. The summed E-state index contributed by atoms with van der Waals surface area (Å²) in [5, 5.41) is 22.8. The second-order valence-corrected chi connectivity index (χ2v) is 8.03. The number of anilines is 1. The van der Waals surface area contributed by atoms with Gasteiger partial charge in [-0.15, -0.1) is 10.2 Å². The van der Waals surface area contributed by atoms with Gasteiger partial charge in [-0.25, -0.2) is 0 Å². The van der Waals surface area contributed by atoms with Gasteiger partial charge in [0.25, 0.3) is 5.69 Å². The minimum atomic E-state index is -0.470. The molecule has 0 bridgehead atoms. The van der Waals surface area contributed by atoms with Gasteiger partial charge in [-0.05, 0) is 44.5 Å². The molecule has 2 aromatic carbocycles. The number of carbonyl (C=O) groups is 1. The van der Waals surface area contributed by atoms with E-state index in [0.29, 0.717) is 40.3 Å². The highest BCUT2D eigenvalue weighted by Gasteiger charge is 2.21. The molecule has 3 aromatic rings. The summed E-state index contributed by atoms with van der Waals surface area (Å²) < 4.78 is 13.3. The van der Waals surface area contributed by atoms with Crippen LogP contribution in [0, 0.1) is 17.0 Å². The standard InChI is InChI=1S/C22H25N5O5S/c1-5-26-21(15(3)32-19-9-7-6-8-18(19)31-4)24-25-22(26)33-13-20(28)23-17-11-10-16(27(29)30)12-14(17)2/h6-12,15H,5,13H2,1-4H3,(H,23,28). The van der Waals surface area contributed by atoms with Crippen LogP contribution in [-0.4, -0.2) is 38.5 Å². The minimum Gasteiger partial charge on any atom is -0.493 e. The van der Waals surface area contributed by atoms with E-state index in [-0.39, 0.29) is 23.5 Å². The number of nitro groups is 1. The summed E-state index contributed by atoms with van der Waals surface area (Å²) in [7, 11) is 1.58. The van der Waals surface area contributed by atoms with Crippen LogP contribution in [0.15, 0.2) is 47.6 Å². The second-order valence-electron chi connectivity index (χ2n) is 7.09. The lowest BCUT2D eigenvalue weighted by Crippen LogP contribution is -2.16. The molecule has 0 saturated carbocycles. The van der Waals surface area contributed by atoms with Crippen molar-refractivity contribution in [1.82, 2.24) is 14.8 Å². The molecular weight excluding hydrogens is 446 g/mol. The lowest BCUT2D eigenvalue weighted by atomic mass is 10.2. The van der Waals surface area contributed by atoms with Crippen LogP contribution in [0.25, 0.3) is 0 Å². The molecule has 174 valence electrons. The Bertz CT molecular complexity index is 1150. The van der Waals surface area contributed by atoms with Crippen LogP contribution in [0.1, 0.15) is 31.3 Å². The van der Waals surface area contributed by atoms with Crippen molar-refractivity contribution in [3.8, 4) is 11.5 Å². The zero-order chi connectivity index (χ0) is 24.0.